The Labute approximate surface area is 233 Å². The molecule has 0 bridgehead atoms. The maximum absolute atomic E-state index is 11.9. The number of nitrogens with one attached hydrogen (secondary N) is 1. The molecule has 5 heterocycles. The lowest BCUT2D eigenvalue weighted by Gasteiger charge is -2.36. The molecule has 3 aliphatic rings. The third-order valence-electron chi connectivity index (χ3n) is 7.58. The van der Waals surface area contributed by atoms with Crippen molar-refractivity contribution >= 4 is 39.8 Å². The molecule has 2 saturated heterocycles. The van der Waals surface area contributed by atoms with Gasteiger partial charge in [-0.25, -0.2) is 14.5 Å². The van der Waals surface area contributed by atoms with Gasteiger partial charge in [-0.1, -0.05) is 11.6 Å². The highest BCUT2D eigenvalue weighted by Crippen LogP contribution is 2.41. The Kier molecular flexibility index (Phi) is 8.21. The van der Waals surface area contributed by atoms with Crippen molar-refractivity contribution < 1.29 is 14.6 Å². The lowest BCUT2D eigenvalue weighted by molar-refractivity contribution is -0.0366. The van der Waals surface area contributed by atoms with Gasteiger partial charge in [0.1, 0.15) is 0 Å². The smallest absolute Gasteiger partial charge is 0.354 e. The summed E-state index contributed by atoms with van der Waals surface area (Å²) in [7, 11) is 0. The topological polar surface area (TPSA) is 120 Å². The molecule has 1 aromatic carbocycles. The number of ether oxygens (including phenoxy) is 1. The van der Waals surface area contributed by atoms with Crippen LogP contribution in [-0.2, 0) is 17.7 Å². The highest BCUT2D eigenvalue weighted by Gasteiger charge is 2.29. The fourth-order valence-electron chi connectivity index (χ4n) is 5.73. The first-order valence-electron chi connectivity index (χ1n) is 13.5. The van der Waals surface area contributed by atoms with E-state index in [4.69, 9.17) is 26.7 Å². The average molecular weight is 552 g/mol. The number of carbonyl (C=O) groups is 1. The molecule has 11 heteroatoms. The molecular formula is C28H34ClN7O3. The van der Waals surface area contributed by atoms with Gasteiger partial charge in [-0.15, -0.1) is 0 Å². The predicted molar refractivity (Wildman–Crippen MR) is 151 cm³/mol. The van der Waals surface area contributed by atoms with Crippen LogP contribution in [0.25, 0.3) is 10.9 Å². The van der Waals surface area contributed by atoms with Gasteiger partial charge in [0.15, 0.2) is 11.9 Å². The number of pyridine rings is 1. The molecule has 206 valence electrons. The number of nitrogens with zero attached hydrogens (tertiary/aromatic N) is 6. The molecule has 1 atom stereocenters. The van der Waals surface area contributed by atoms with Crippen molar-refractivity contribution in [3.63, 3.8) is 0 Å². The highest BCUT2D eigenvalue weighted by atomic mass is 35.5. The standard InChI is InChI=1S/C26H31ClN6O3.C2H3N/c1-16-12-22-18(14-29-33(22)23-4-2-3-11-36-23)25(24(16)27)32-8-5-17-20(15-32)30-19(26(34)35)13-21(17)31-9-6-28-7-10-31;1-2-3/h12-14,23,28H,2-11,15H2,1H3,(H,34,35);1H3. The fraction of sp³-hybridized carbons (Fsp3) is 0.500. The van der Waals surface area contributed by atoms with Crippen LogP contribution >= 0.6 is 11.6 Å². The number of fused-ring (bicyclic) bond motifs is 2. The van der Waals surface area contributed by atoms with Crippen molar-refractivity contribution in [1.82, 2.24) is 20.1 Å². The summed E-state index contributed by atoms with van der Waals surface area (Å²) in [4.78, 5) is 21.0. The monoisotopic (exact) mass is 551 g/mol. The summed E-state index contributed by atoms with van der Waals surface area (Å²) >= 11 is 6.92. The van der Waals surface area contributed by atoms with Crippen molar-refractivity contribution in [2.75, 3.05) is 49.1 Å². The van der Waals surface area contributed by atoms with Crippen molar-refractivity contribution in [3.05, 3.63) is 45.9 Å². The van der Waals surface area contributed by atoms with Gasteiger partial charge >= 0.3 is 5.97 Å². The van der Waals surface area contributed by atoms with Gasteiger partial charge in [-0.05, 0) is 50.3 Å². The third-order valence-corrected chi connectivity index (χ3v) is 8.05. The molecule has 6 rings (SSSR count). The van der Waals surface area contributed by atoms with E-state index < -0.39 is 5.97 Å². The van der Waals surface area contributed by atoms with E-state index in [-0.39, 0.29) is 11.9 Å². The average Bonchev–Trinajstić information content (AvgIpc) is 3.37. The van der Waals surface area contributed by atoms with Crippen molar-refractivity contribution in [2.24, 2.45) is 0 Å². The SMILES string of the molecule is CC#N.Cc1cc2c(cnn2C2CCCCO2)c(N2CCc3c(N4CCNCC4)cc(C(=O)O)nc3C2)c1Cl. The second-order valence-electron chi connectivity index (χ2n) is 10.1. The second-order valence-corrected chi connectivity index (χ2v) is 10.5. The van der Waals surface area contributed by atoms with E-state index in [1.165, 1.54) is 6.92 Å². The van der Waals surface area contributed by atoms with Crippen LogP contribution in [0, 0.1) is 18.3 Å². The third kappa shape index (κ3) is 5.39. The van der Waals surface area contributed by atoms with Crippen LogP contribution in [0.1, 0.15) is 59.7 Å². The molecule has 3 aliphatic heterocycles. The van der Waals surface area contributed by atoms with Gasteiger partial charge in [-0.2, -0.15) is 10.4 Å². The van der Waals surface area contributed by atoms with E-state index in [1.54, 1.807) is 12.1 Å². The number of rotatable bonds is 4. The molecule has 10 nitrogen and oxygen atoms in total. The number of benzene rings is 1. The summed E-state index contributed by atoms with van der Waals surface area (Å²) in [6, 6.07) is 5.58. The van der Waals surface area contributed by atoms with Crippen LogP contribution in [0.15, 0.2) is 18.3 Å². The molecule has 3 aromatic rings. The molecule has 2 fully saturated rings. The number of aryl methyl sites for hydroxylation is 1. The first-order valence-corrected chi connectivity index (χ1v) is 13.9. The molecular weight excluding hydrogens is 518 g/mol. The minimum absolute atomic E-state index is 0.0619. The van der Waals surface area contributed by atoms with E-state index >= 15 is 0 Å². The summed E-state index contributed by atoms with van der Waals surface area (Å²) < 4.78 is 8.01. The quantitative estimate of drug-likeness (QED) is 0.489. The number of carboxylic acids is 1. The molecule has 0 radical (unpaired) electrons. The maximum Gasteiger partial charge on any atom is 0.354 e. The Morgan fingerprint density at radius 2 is 2.00 bits per heavy atom. The van der Waals surface area contributed by atoms with E-state index in [1.807, 2.05) is 17.8 Å². The van der Waals surface area contributed by atoms with Crippen LogP contribution < -0.4 is 15.1 Å². The van der Waals surface area contributed by atoms with Crippen LogP contribution in [0.3, 0.4) is 0 Å². The number of carboxylic acid groups (broad SMARTS) is 1. The lowest BCUT2D eigenvalue weighted by Crippen LogP contribution is -2.44. The lowest BCUT2D eigenvalue weighted by atomic mass is 9.99. The number of halogens is 1. The Morgan fingerprint density at radius 1 is 1.23 bits per heavy atom. The van der Waals surface area contributed by atoms with Crippen LogP contribution in [0.4, 0.5) is 11.4 Å². The largest absolute Gasteiger partial charge is 0.477 e. The normalized spacial score (nSPS) is 19.2. The van der Waals surface area contributed by atoms with Gasteiger partial charge in [0.25, 0.3) is 0 Å². The predicted octanol–water partition coefficient (Wildman–Crippen LogP) is 4.29. The summed E-state index contributed by atoms with van der Waals surface area (Å²) in [5.74, 6) is -1.00. The Morgan fingerprint density at radius 3 is 2.69 bits per heavy atom. The zero-order valence-electron chi connectivity index (χ0n) is 22.4. The summed E-state index contributed by atoms with van der Waals surface area (Å²) in [5.41, 5.74) is 5.97. The number of nitriles is 1. The number of aromatic nitrogens is 3. The van der Waals surface area contributed by atoms with Gasteiger partial charge in [-0.3, -0.25) is 0 Å². The van der Waals surface area contributed by atoms with E-state index in [9.17, 15) is 9.90 Å². The molecule has 0 aliphatic carbocycles. The molecule has 1 unspecified atom stereocenters. The van der Waals surface area contributed by atoms with Gasteiger partial charge in [0, 0.05) is 62.9 Å². The van der Waals surface area contributed by atoms with Crippen molar-refractivity contribution in [3.8, 4) is 6.07 Å². The first kappa shape index (κ1) is 27.2. The van der Waals surface area contributed by atoms with Gasteiger partial charge in [0.2, 0.25) is 0 Å². The summed E-state index contributed by atoms with van der Waals surface area (Å²) in [5, 5.41) is 26.9. The van der Waals surface area contributed by atoms with Gasteiger partial charge in [0.05, 0.1) is 40.7 Å². The number of piperazine rings is 1. The van der Waals surface area contributed by atoms with Crippen molar-refractivity contribution in [1.29, 1.82) is 5.26 Å². The molecule has 0 amide bonds. The molecule has 39 heavy (non-hydrogen) atoms. The second kappa shape index (κ2) is 11.8. The molecule has 0 spiro atoms. The Balaban J connectivity index is 0.000000983. The number of aromatic carboxylic acids is 1. The summed E-state index contributed by atoms with van der Waals surface area (Å²) in [6.45, 7) is 8.95. The Bertz CT molecular complexity index is 1400. The number of hydrogen-bond donors (Lipinski definition) is 2. The zero-order chi connectivity index (χ0) is 27.5. The van der Waals surface area contributed by atoms with Crippen LogP contribution in [-0.4, -0.2) is 65.2 Å². The zero-order valence-corrected chi connectivity index (χ0v) is 23.2. The van der Waals surface area contributed by atoms with Crippen LogP contribution in [0.2, 0.25) is 5.02 Å². The molecule has 2 aromatic heterocycles. The number of hydrogen-bond acceptors (Lipinski definition) is 8. The fourth-order valence-corrected chi connectivity index (χ4v) is 6.01. The minimum atomic E-state index is -1.00. The van der Waals surface area contributed by atoms with E-state index in [2.05, 4.69) is 26.2 Å². The highest BCUT2D eigenvalue weighted by molar-refractivity contribution is 6.35. The minimum Gasteiger partial charge on any atom is -0.477 e. The Hall–Kier alpha value is -3.39. The maximum atomic E-state index is 11.9. The van der Waals surface area contributed by atoms with E-state index in [0.29, 0.717) is 11.6 Å². The summed E-state index contributed by atoms with van der Waals surface area (Å²) in [6.07, 6.45) is 5.75. The van der Waals surface area contributed by atoms with Gasteiger partial charge < -0.3 is 25.0 Å². The van der Waals surface area contributed by atoms with Crippen molar-refractivity contribution in [2.45, 2.75) is 52.3 Å². The number of anilines is 2. The molecule has 0 saturated carbocycles. The molecule has 2 N–H and O–H groups in total. The first-order chi connectivity index (χ1) is 18.9. The van der Waals surface area contributed by atoms with Crippen LogP contribution in [0.5, 0.6) is 0 Å². The van der Waals surface area contributed by atoms with E-state index in [0.717, 1.165) is 104 Å².